The number of carbonyl (C=O) groups is 1. The molecule has 1 amide bonds. The molecule has 0 aliphatic carbocycles. The standard InChI is InChI=1S/C22H24ClN5O2/c1-5-18-10-25-21(11-24-18)26-22(29)19-8-15(4)28(27-19)12-16-9-17(23)6-7-20(16)30-13-14(2)3/h5-11,14H,1,12-13H2,2-4H3,(H,25,26,29). The number of nitrogens with zero attached hydrogens (tertiary/aromatic N) is 4. The van der Waals surface area contributed by atoms with E-state index in [1.165, 1.54) is 12.4 Å². The maximum absolute atomic E-state index is 12.6. The first-order chi connectivity index (χ1) is 14.4. The first kappa shape index (κ1) is 21.5. The summed E-state index contributed by atoms with van der Waals surface area (Å²) in [6.07, 6.45) is 4.59. The second kappa shape index (κ2) is 9.54. The highest BCUT2D eigenvalue weighted by molar-refractivity contribution is 6.30. The summed E-state index contributed by atoms with van der Waals surface area (Å²) in [7, 11) is 0. The Kier molecular flexibility index (Phi) is 6.84. The van der Waals surface area contributed by atoms with Gasteiger partial charge in [-0.2, -0.15) is 5.10 Å². The molecule has 0 radical (unpaired) electrons. The molecule has 3 aromatic rings. The predicted octanol–water partition coefficient (Wildman–Crippen LogP) is 4.61. The maximum Gasteiger partial charge on any atom is 0.277 e. The molecule has 156 valence electrons. The van der Waals surface area contributed by atoms with Crippen LogP contribution < -0.4 is 10.1 Å². The Balaban J connectivity index is 1.76. The number of nitrogens with one attached hydrogen (secondary N) is 1. The van der Waals surface area contributed by atoms with Crippen LogP contribution in [0.1, 0.15) is 41.3 Å². The molecule has 8 heteroatoms. The van der Waals surface area contributed by atoms with E-state index < -0.39 is 0 Å². The second-order valence-corrected chi connectivity index (χ2v) is 7.71. The van der Waals surface area contributed by atoms with Gasteiger partial charge < -0.3 is 10.1 Å². The van der Waals surface area contributed by atoms with Gasteiger partial charge in [0.1, 0.15) is 5.75 Å². The number of hydrogen-bond donors (Lipinski definition) is 1. The Hall–Kier alpha value is -3.19. The van der Waals surface area contributed by atoms with E-state index in [1.807, 2.05) is 19.1 Å². The largest absolute Gasteiger partial charge is 0.493 e. The van der Waals surface area contributed by atoms with Gasteiger partial charge in [0.2, 0.25) is 0 Å². The van der Waals surface area contributed by atoms with E-state index in [0.717, 1.165) is 17.0 Å². The molecule has 0 bridgehead atoms. The number of carbonyl (C=O) groups excluding carboxylic acids is 1. The average Bonchev–Trinajstić information content (AvgIpc) is 3.08. The van der Waals surface area contributed by atoms with Crippen molar-refractivity contribution in [2.45, 2.75) is 27.3 Å². The van der Waals surface area contributed by atoms with Gasteiger partial charge in [-0.15, -0.1) is 0 Å². The molecule has 0 atom stereocenters. The molecule has 3 rings (SSSR count). The Bertz CT molecular complexity index is 1040. The van der Waals surface area contributed by atoms with Crippen molar-refractivity contribution in [1.29, 1.82) is 0 Å². The van der Waals surface area contributed by atoms with Crippen molar-refractivity contribution in [1.82, 2.24) is 19.7 Å². The van der Waals surface area contributed by atoms with Crippen LogP contribution in [0.25, 0.3) is 6.08 Å². The first-order valence-corrected chi connectivity index (χ1v) is 9.95. The molecule has 1 aromatic carbocycles. The molecule has 0 aliphatic heterocycles. The number of aromatic nitrogens is 4. The third-order valence-electron chi connectivity index (χ3n) is 4.25. The molecule has 30 heavy (non-hydrogen) atoms. The molecule has 0 fully saturated rings. The highest BCUT2D eigenvalue weighted by Gasteiger charge is 2.15. The van der Waals surface area contributed by atoms with Crippen molar-refractivity contribution in [3.8, 4) is 5.75 Å². The van der Waals surface area contributed by atoms with Gasteiger partial charge in [-0.05, 0) is 43.2 Å². The van der Waals surface area contributed by atoms with Crippen LogP contribution in [-0.4, -0.2) is 32.3 Å². The number of amides is 1. The predicted molar refractivity (Wildman–Crippen MR) is 118 cm³/mol. The van der Waals surface area contributed by atoms with Gasteiger partial charge in [-0.3, -0.25) is 14.5 Å². The Morgan fingerprint density at radius 2 is 2.10 bits per heavy atom. The number of hydrogen-bond acceptors (Lipinski definition) is 5. The molecule has 2 heterocycles. The van der Waals surface area contributed by atoms with Crippen LogP contribution in [0.3, 0.4) is 0 Å². The minimum Gasteiger partial charge on any atom is -0.493 e. The quantitative estimate of drug-likeness (QED) is 0.569. The van der Waals surface area contributed by atoms with Gasteiger partial charge in [0.15, 0.2) is 11.5 Å². The van der Waals surface area contributed by atoms with Crippen LogP contribution in [0.15, 0.2) is 43.2 Å². The smallest absolute Gasteiger partial charge is 0.277 e. The van der Waals surface area contributed by atoms with Gasteiger partial charge in [-0.1, -0.05) is 32.0 Å². The van der Waals surface area contributed by atoms with Gasteiger partial charge in [0, 0.05) is 16.3 Å². The van der Waals surface area contributed by atoms with Crippen molar-refractivity contribution < 1.29 is 9.53 Å². The molecule has 0 saturated heterocycles. The lowest BCUT2D eigenvalue weighted by molar-refractivity contribution is 0.102. The summed E-state index contributed by atoms with van der Waals surface area (Å²) in [4.78, 5) is 20.8. The number of halogens is 1. The molecule has 0 spiro atoms. The van der Waals surface area contributed by atoms with Gasteiger partial charge in [0.25, 0.3) is 5.91 Å². The van der Waals surface area contributed by atoms with E-state index in [4.69, 9.17) is 16.3 Å². The average molecular weight is 426 g/mol. The van der Waals surface area contributed by atoms with E-state index in [-0.39, 0.29) is 11.6 Å². The third kappa shape index (κ3) is 5.45. The summed E-state index contributed by atoms with van der Waals surface area (Å²) in [5, 5.41) is 7.76. The topological polar surface area (TPSA) is 81.9 Å². The lowest BCUT2D eigenvalue weighted by Crippen LogP contribution is -2.15. The van der Waals surface area contributed by atoms with Gasteiger partial charge in [-0.25, -0.2) is 4.98 Å². The molecular weight excluding hydrogens is 402 g/mol. The Labute approximate surface area is 180 Å². The lowest BCUT2D eigenvalue weighted by Gasteiger charge is -2.14. The highest BCUT2D eigenvalue weighted by atomic mass is 35.5. The van der Waals surface area contributed by atoms with E-state index in [9.17, 15) is 4.79 Å². The monoisotopic (exact) mass is 425 g/mol. The molecule has 0 unspecified atom stereocenters. The van der Waals surface area contributed by atoms with Gasteiger partial charge in [0.05, 0.1) is 31.2 Å². The summed E-state index contributed by atoms with van der Waals surface area (Å²) in [5.74, 6) is 1.14. The van der Waals surface area contributed by atoms with E-state index >= 15 is 0 Å². The zero-order chi connectivity index (χ0) is 21.7. The Morgan fingerprint density at radius 1 is 1.30 bits per heavy atom. The van der Waals surface area contributed by atoms with E-state index in [0.29, 0.717) is 35.6 Å². The van der Waals surface area contributed by atoms with E-state index in [1.54, 1.807) is 22.9 Å². The number of ether oxygens (including phenoxy) is 1. The van der Waals surface area contributed by atoms with E-state index in [2.05, 4.69) is 40.8 Å². The normalized spacial score (nSPS) is 10.8. The minimum atomic E-state index is -0.361. The van der Waals surface area contributed by atoms with Crippen molar-refractivity contribution in [2.75, 3.05) is 11.9 Å². The van der Waals surface area contributed by atoms with Crippen LogP contribution >= 0.6 is 11.6 Å². The van der Waals surface area contributed by atoms with Crippen LogP contribution in [0.4, 0.5) is 5.82 Å². The summed E-state index contributed by atoms with van der Waals surface area (Å²) in [6, 6.07) is 7.24. The molecular formula is C22H24ClN5O2. The number of benzene rings is 1. The fourth-order valence-electron chi connectivity index (χ4n) is 2.70. The first-order valence-electron chi connectivity index (χ1n) is 9.57. The lowest BCUT2D eigenvalue weighted by atomic mass is 10.2. The fourth-order valence-corrected chi connectivity index (χ4v) is 2.89. The summed E-state index contributed by atoms with van der Waals surface area (Å²) in [6.45, 7) is 10.7. The summed E-state index contributed by atoms with van der Waals surface area (Å²) >= 11 is 6.18. The number of rotatable bonds is 8. The minimum absolute atomic E-state index is 0.286. The van der Waals surface area contributed by atoms with Crippen LogP contribution in [0.2, 0.25) is 5.02 Å². The highest BCUT2D eigenvalue weighted by Crippen LogP contribution is 2.25. The van der Waals surface area contributed by atoms with Crippen LogP contribution in [0.5, 0.6) is 5.75 Å². The zero-order valence-corrected chi connectivity index (χ0v) is 18.0. The third-order valence-corrected chi connectivity index (χ3v) is 4.49. The molecule has 7 nitrogen and oxygen atoms in total. The summed E-state index contributed by atoms with van der Waals surface area (Å²) < 4.78 is 7.66. The summed E-state index contributed by atoms with van der Waals surface area (Å²) in [5.41, 5.74) is 2.65. The van der Waals surface area contributed by atoms with Crippen LogP contribution in [-0.2, 0) is 6.54 Å². The second-order valence-electron chi connectivity index (χ2n) is 7.27. The van der Waals surface area contributed by atoms with Crippen molar-refractivity contribution in [3.63, 3.8) is 0 Å². The molecule has 0 saturated carbocycles. The SMILES string of the molecule is C=Cc1cnc(NC(=O)c2cc(C)n(Cc3cc(Cl)ccc3OCC(C)C)n2)cn1. The molecule has 1 N–H and O–H groups in total. The zero-order valence-electron chi connectivity index (χ0n) is 17.2. The van der Waals surface area contributed by atoms with Crippen molar-refractivity contribution in [2.24, 2.45) is 5.92 Å². The van der Waals surface area contributed by atoms with Gasteiger partial charge >= 0.3 is 0 Å². The van der Waals surface area contributed by atoms with Crippen LogP contribution in [0, 0.1) is 12.8 Å². The molecule has 2 aromatic heterocycles. The van der Waals surface area contributed by atoms with Crippen molar-refractivity contribution >= 4 is 29.4 Å². The molecule has 0 aliphatic rings. The Morgan fingerprint density at radius 3 is 2.77 bits per heavy atom. The van der Waals surface area contributed by atoms with Crippen molar-refractivity contribution in [3.05, 3.63) is 70.9 Å². The fraction of sp³-hybridized carbons (Fsp3) is 0.273. The maximum atomic E-state index is 12.6. The number of aryl methyl sites for hydroxylation is 1. The number of anilines is 1.